The van der Waals surface area contributed by atoms with Crippen molar-refractivity contribution in [3.8, 4) is 0 Å². The molecular formula is C4H11NSSi. The van der Waals surface area contributed by atoms with E-state index >= 15 is 0 Å². The van der Waals surface area contributed by atoms with Crippen LogP contribution in [0.25, 0.3) is 0 Å². The van der Waals surface area contributed by atoms with Crippen molar-refractivity contribution in [1.82, 2.24) is 0 Å². The Morgan fingerprint density at radius 1 is 1.43 bits per heavy atom. The van der Waals surface area contributed by atoms with Crippen LogP contribution in [0.1, 0.15) is 12.8 Å². The third kappa shape index (κ3) is 6.37. The van der Waals surface area contributed by atoms with E-state index < -0.39 is 0 Å². The first kappa shape index (κ1) is 7.37. The molecule has 0 aliphatic carbocycles. The molecule has 0 heterocycles. The van der Waals surface area contributed by atoms with Crippen LogP contribution >= 0.6 is 12.6 Å². The van der Waals surface area contributed by atoms with Crippen molar-refractivity contribution in [2.45, 2.75) is 12.8 Å². The molecule has 0 rings (SSSR count). The third-order valence-electron chi connectivity index (χ3n) is 0.724. The summed E-state index contributed by atoms with van der Waals surface area (Å²) in [6.07, 6.45) is 2.40. The van der Waals surface area contributed by atoms with Crippen LogP contribution in [0.3, 0.4) is 0 Å². The van der Waals surface area contributed by atoms with Crippen LogP contribution in [-0.2, 0) is 0 Å². The Morgan fingerprint density at radius 3 is 2.57 bits per heavy atom. The maximum absolute atomic E-state index is 4.05. The zero-order valence-electron chi connectivity index (χ0n) is 4.43. The molecule has 0 bridgehead atoms. The van der Waals surface area contributed by atoms with Gasteiger partial charge in [-0.2, -0.15) is 12.6 Å². The molecule has 0 amide bonds. The first-order valence-corrected chi connectivity index (χ1v) is 3.71. The van der Waals surface area contributed by atoms with Crippen LogP contribution in [0.5, 0.6) is 0 Å². The van der Waals surface area contributed by atoms with E-state index in [4.69, 9.17) is 0 Å². The summed E-state index contributed by atoms with van der Waals surface area (Å²) in [5, 5.41) is 0. The van der Waals surface area contributed by atoms with Gasteiger partial charge >= 0.3 is 0 Å². The highest BCUT2D eigenvalue weighted by Gasteiger charge is 1.78. The number of hydrogen-bond acceptors (Lipinski definition) is 2. The minimum Gasteiger partial charge on any atom is -0.344 e. The molecular weight excluding hydrogens is 122 g/mol. The van der Waals surface area contributed by atoms with Crippen molar-refractivity contribution in [3.05, 3.63) is 0 Å². The van der Waals surface area contributed by atoms with Gasteiger partial charge in [0, 0.05) is 6.54 Å². The average molecular weight is 133 g/mol. The molecule has 0 radical (unpaired) electrons. The molecule has 3 heteroatoms. The van der Waals surface area contributed by atoms with Gasteiger partial charge in [-0.1, -0.05) is 0 Å². The van der Waals surface area contributed by atoms with Crippen LogP contribution in [0.15, 0.2) is 4.63 Å². The lowest BCUT2D eigenvalue weighted by molar-refractivity contribution is 0.822. The van der Waals surface area contributed by atoms with Gasteiger partial charge in [-0.05, 0) is 18.6 Å². The molecule has 0 aromatic rings. The first-order chi connectivity index (χ1) is 3.41. The summed E-state index contributed by atoms with van der Waals surface area (Å²) in [6, 6.07) is 0. The van der Waals surface area contributed by atoms with Crippen molar-refractivity contribution in [1.29, 1.82) is 0 Å². The first-order valence-electron chi connectivity index (χ1n) is 2.45. The normalized spacial score (nSPS) is 8.71. The summed E-state index contributed by atoms with van der Waals surface area (Å²) in [5.41, 5.74) is 0. The van der Waals surface area contributed by atoms with Gasteiger partial charge in [0.15, 0.2) is 0 Å². The minimum atomic E-state index is 0.999. The van der Waals surface area contributed by atoms with E-state index in [-0.39, 0.29) is 0 Å². The number of rotatable bonds is 4. The number of nitrogens with zero attached hydrogens (tertiary/aromatic N) is 1. The van der Waals surface area contributed by atoms with Gasteiger partial charge in [0.1, 0.15) is 0 Å². The molecule has 0 aliphatic heterocycles. The summed E-state index contributed by atoms with van der Waals surface area (Å²) in [7, 11) is 1.68. The van der Waals surface area contributed by atoms with Crippen molar-refractivity contribution in [3.63, 3.8) is 0 Å². The Hall–Kier alpha value is 0.367. The summed E-state index contributed by atoms with van der Waals surface area (Å²) >= 11 is 4.05. The molecule has 7 heavy (non-hydrogen) atoms. The fraction of sp³-hybridized carbons (Fsp3) is 1.00. The zero-order valence-corrected chi connectivity index (χ0v) is 6.74. The Balaban J connectivity index is 2.56. The SMILES string of the molecule is [SiH2]=NCCCCS. The predicted molar refractivity (Wildman–Crippen MR) is 38.9 cm³/mol. The number of hydrogen-bond donors (Lipinski definition) is 1. The highest BCUT2D eigenvalue weighted by molar-refractivity contribution is 7.80. The maximum atomic E-state index is 4.05. The fourth-order valence-corrected chi connectivity index (χ4v) is 0.783. The van der Waals surface area contributed by atoms with Gasteiger partial charge in [-0.3, -0.25) is 0 Å². The van der Waals surface area contributed by atoms with Gasteiger partial charge in [0.25, 0.3) is 0 Å². The summed E-state index contributed by atoms with van der Waals surface area (Å²) in [5.74, 6) is 0.999. The molecule has 0 saturated heterocycles. The summed E-state index contributed by atoms with van der Waals surface area (Å²) in [4.78, 5) is 0. The second kappa shape index (κ2) is 6.37. The van der Waals surface area contributed by atoms with Crippen LogP contribution in [0.2, 0.25) is 0 Å². The Labute approximate surface area is 53.1 Å². The lowest BCUT2D eigenvalue weighted by Gasteiger charge is -1.88. The van der Waals surface area contributed by atoms with Gasteiger partial charge in [-0.15, -0.1) is 0 Å². The molecule has 1 nitrogen and oxygen atoms in total. The smallest absolute Gasteiger partial charge is 0.0887 e. The molecule has 0 fully saturated rings. The van der Waals surface area contributed by atoms with Crippen LogP contribution in [-0.4, -0.2) is 22.3 Å². The summed E-state index contributed by atoms with van der Waals surface area (Å²) in [6.45, 7) is 1.01. The fourth-order valence-electron chi connectivity index (χ4n) is 0.335. The van der Waals surface area contributed by atoms with Gasteiger partial charge < -0.3 is 4.63 Å². The number of thiol groups is 1. The average Bonchev–Trinajstić information content (AvgIpc) is 1.69. The largest absolute Gasteiger partial charge is 0.344 e. The zero-order chi connectivity index (χ0) is 5.54. The van der Waals surface area contributed by atoms with Gasteiger partial charge in [0.05, 0.1) is 10.0 Å². The van der Waals surface area contributed by atoms with Crippen LogP contribution < -0.4 is 0 Å². The molecule has 0 saturated carbocycles. The standard InChI is InChI=1S/C4H11NSSi/c6-4-2-1-3-5-7/h6H,1-4,7H2. The van der Waals surface area contributed by atoms with Crippen LogP contribution in [0.4, 0.5) is 0 Å². The Bertz CT molecular complexity index is 49.0. The van der Waals surface area contributed by atoms with E-state index in [0.29, 0.717) is 0 Å². The number of unbranched alkanes of at least 4 members (excludes halogenated alkanes) is 1. The minimum absolute atomic E-state index is 0.999. The lowest BCUT2D eigenvalue weighted by Crippen LogP contribution is -1.79. The molecule has 0 N–H and O–H groups in total. The van der Waals surface area contributed by atoms with Gasteiger partial charge in [0.2, 0.25) is 0 Å². The van der Waals surface area contributed by atoms with E-state index in [9.17, 15) is 0 Å². The molecule has 0 aromatic carbocycles. The van der Waals surface area contributed by atoms with E-state index in [2.05, 4.69) is 17.3 Å². The Kier molecular flexibility index (Phi) is 6.70. The second-order valence-electron chi connectivity index (χ2n) is 1.38. The van der Waals surface area contributed by atoms with Gasteiger partial charge in [-0.25, -0.2) is 0 Å². The lowest BCUT2D eigenvalue weighted by atomic mass is 10.3. The van der Waals surface area contributed by atoms with E-state index in [1.807, 2.05) is 0 Å². The van der Waals surface area contributed by atoms with E-state index in [1.165, 1.54) is 12.8 Å². The molecule has 0 aliphatic rings. The predicted octanol–water partition coefficient (Wildman–Crippen LogP) is 0.513. The Morgan fingerprint density at radius 2 is 2.14 bits per heavy atom. The second-order valence-corrected chi connectivity index (χ2v) is 2.27. The monoisotopic (exact) mass is 133 g/mol. The molecule has 42 valence electrons. The quantitative estimate of drug-likeness (QED) is 0.326. The molecule has 0 aromatic heterocycles. The van der Waals surface area contributed by atoms with Crippen molar-refractivity contribution in [2.24, 2.45) is 4.63 Å². The third-order valence-corrected chi connectivity index (χ3v) is 1.36. The highest BCUT2D eigenvalue weighted by atomic mass is 32.1. The maximum Gasteiger partial charge on any atom is 0.0887 e. The van der Waals surface area contributed by atoms with E-state index in [0.717, 1.165) is 12.3 Å². The molecule has 0 spiro atoms. The molecule has 0 unspecified atom stereocenters. The van der Waals surface area contributed by atoms with Crippen LogP contribution in [0, 0.1) is 0 Å². The summed E-state index contributed by atoms with van der Waals surface area (Å²) < 4.78 is 3.97. The molecule has 0 atom stereocenters. The van der Waals surface area contributed by atoms with Crippen molar-refractivity contribution < 1.29 is 0 Å². The van der Waals surface area contributed by atoms with Crippen molar-refractivity contribution in [2.75, 3.05) is 12.3 Å². The topological polar surface area (TPSA) is 12.4 Å². The van der Waals surface area contributed by atoms with Crippen molar-refractivity contribution >= 4 is 22.7 Å². The highest BCUT2D eigenvalue weighted by Crippen LogP contribution is 1.89. The van der Waals surface area contributed by atoms with E-state index in [1.54, 1.807) is 10.0 Å².